The van der Waals surface area contributed by atoms with Gasteiger partial charge in [-0.15, -0.1) is 0 Å². The van der Waals surface area contributed by atoms with E-state index in [9.17, 15) is 4.39 Å². The van der Waals surface area contributed by atoms with Crippen molar-refractivity contribution in [2.24, 2.45) is 5.92 Å². The van der Waals surface area contributed by atoms with Crippen LogP contribution in [0.15, 0.2) is 6.20 Å². The number of aromatic nitrogens is 2. The number of hydrogen-bond donors (Lipinski definition) is 1. The first-order chi connectivity index (χ1) is 6.75. The zero-order chi connectivity index (χ0) is 9.97. The summed E-state index contributed by atoms with van der Waals surface area (Å²) >= 11 is 0. The third-order valence-electron chi connectivity index (χ3n) is 2.19. The predicted molar refractivity (Wildman–Crippen MR) is 49.2 cm³/mol. The molecular formula is C9H12FN3O. The minimum atomic E-state index is -0.560. The van der Waals surface area contributed by atoms with Gasteiger partial charge in [-0.2, -0.15) is 9.37 Å². The molecule has 0 bridgehead atoms. The van der Waals surface area contributed by atoms with Gasteiger partial charge in [0.2, 0.25) is 11.8 Å². The van der Waals surface area contributed by atoms with Gasteiger partial charge >= 0.3 is 0 Å². The number of hydrogen-bond acceptors (Lipinski definition) is 4. The molecule has 0 amide bonds. The Hall–Kier alpha value is -1.39. The zero-order valence-corrected chi connectivity index (χ0v) is 7.74. The molecule has 0 saturated heterocycles. The molecule has 1 aliphatic carbocycles. The third kappa shape index (κ3) is 2.31. The van der Waals surface area contributed by atoms with Crippen molar-refractivity contribution in [3.63, 3.8) is 0 Å². The van der Waals surface area contributed by atoms with Crippen LogP contribution in [-0.4, -0.2) is 16.6 Å². The molecule has 76 valence electrons. The molecule has 2 N–H and O–H groups in total. The molecule has 1 aromatic rings. The lowest BCUT2D eigenvalue weighted by molar-refractivity contribution is 0.275. The lowest BCUT2D eigenvalue weighted by Gasteiger charge is -2.05. The Morgan fingerprint density at radius 3 is 3.07 bits per heavy atom. The number of rotatable bonds is 4. The highest BCUT2D eigenvalue weighted by Gasteiger charge is 2.21. The fourth-order valence-corrected chi connectivity index (χ4v) is 1.19. The summed E-state index contributed by atoms with van der Waals surface area (Å²) in [7, 11) is 0. The summed E-state index contributed by atoms with van der Waals surface area (Å²) in [5.74, 6) is 0.193. The maximum absolute atomic E-state index is 13.0. The van der Waals surface area contributed by atoms with Gasteiger partial charge in [-0.3, -0.25) is 0 Å². The van der Waals surface area contributed by atoms with Crippen molar-refractivity contribution in [3.8, 4) is 5.88 Å². The molecule has 1 aromatic heterocycles. The molecule has 14 heavy (non-hydrogen) atoms. The third-order valence-corrected chi connectivity index (χ3v) is 2.19. The average Bonchev–Trinajstić information content (AvgIpc) is 2.95. The molecule has 5 heteroatoms. The van der Waals surface area contributed by atoms with Crippen molar-refractivity contribution in [2.75, 3.05) is 12.3 Å². The van der Waals surface area contributed by atoms with Crippen LogP contribution in [0.1, 0.15) is 19.3 Å². The summed E-state index contributed by atoms with van der Waals surface area (Å²) in [6, 6.07) is 0. The summed E-state index contributed by atoms with van der Waals surface area (Å²) in [5.41, 5.74) is 5.30. The van der Waals surface area contributed by atoms with E-state index in [0.29, 0.717) is 6.61 Å². The van der Waals surface area contributed by atoms with E-state index in [-0.39, 0.29) is 11.8 Å². The largest absolute Gasteiger partial charge is 0.475 e. The van der Waals surface area contributed by atoms with Crippen molar-refractivity contribution in [2.45, 2.75) is 19.3 Å². The lowest BCUT2D eigenvalue weighted by atomic mass is 10.3. The van der Waals surface area contributed by atoms with E-state index in [1.165, 1.54) is 12.8 Å². The normalized spacial score (nSPS) is 15.5. The highest BCUT2D eigenvalue weighted by molar-refractivity contribution is 5.22. The zero-order valence-electron chi connectivity index (χ0n) is 7.74. The first kappa shape index (κ1) is 9.18. The second-order valence-electron chi connectivity index (χ2n) is 3.46. The average molecular weight is 197 g/mol. The van der Waals surface area contributed by atoms with Crippen LogP contribution in [0.5, 0.6) is 5.88 Å². The smallest absolute Gasteiger partial charge is 0.255 e. The van der Waals surface area contributed by atoms with Gasteiger partial charge in [-0.1, -0.05) is 12.8 Å². The Balaban J connectivity index is 1.89. The molecule has 0 atom stereocenters. The van der Waals surface area contributed by atoms with Crippen LogP contribution in [-0.2, 0) is 0 Å². The van der Waals surface area contributed by atoms with Crippen LogP contribution in [0.25, 0.3) is 0 Å². The summed E-state index contributed by atoms with van der Waals surface area (Å²) in [6.07, 6.45) is 4.51. The van der Waals surface area contributed by atoms with Crippen molar-refractivity contribution in [3.05, 3.63) is 12.0 Å². The van der Waals surface area contributed by atoms with Gasteiger partial charge in [0, 0.05) is 0 Å². The molecule has 1 heterocycles. The molecule has 1 saturated carbocycles. The van der Waals surface area contributed by atoms with E-state index in [0.717, 1.165) is 18.5 Å². The molecule has 0 radical (unpaired) electrons. The number of nitrogen functional groups attached to an aromatic ring is 1. The van der Waals surface area contributed by atoms with E-state index < -0.39 is 5.82 Å². The monoisotopic (exact) mass is 197 g/mol. The Morgan fingerprint density at radius 1 is 1.57 bits per heavy atom. The highest BCUT2D eigenvalue weighted by Crippen LogP contribution is 2.32. The number of halogens is 1. The number of nitrogens with two attached hydrogens (primary N) is 1. The maximum atomic E-state index is 13.0. The van der Waals surface area contributed by atoms with E-state index in [1.54, 1.807) is 0 Å². The van der Waals surface area contributed by atoms with E-state index in [1.807, 2.05) is 0 Å². The Morgan fingerprint density at radius 2 is 2.36 bits per heavy atom. The van der Waals surface area contributed by atoms with Gasteiger partial charge in [0.15, 0.2) is 0 Å². The Bertz CT molecular complexity index is 328. The summed E-state index contributed by atoms with van der Waals surface area (Å²) in [6.45, 7) is 0.498. The molecule has 0 spiro atoms. The molecule has 1 aliphatic rings. The van der Waals surface area contributed by atoms with Crippen LogP contribution in [0.2, 0.25) is 0 Å². The van der Waals surface area contributed by atoms with Gasteiger partial charge in [0.25, 0.3) is 5.88 Å². The SMILES string of the molecule is Nc1ncc(F)c(OCCC2CC2)n1. The Labute approximate surface area is 81.3 Å². The summed E-state index contributed by atoms with van der Waals surface area (Å²) in [4.78, 5) is 7.17. The number of anilines is 1. The fourth-order valence-electron chi connectivity index (χ4n) is 1.19. The van der Waals surface area contributed by atoms with Gasteiger partial charge < -0.3 is 10.5 Å². The predicted octanol–water partition coefficient (Wildman–Crippen LogP) is 1.38. The maximum Gasteiger partial charge on any atom is 0.255 e. The van der Waals surface area contributed by atoms with E-state index >= 15 is 0 Å². The van der Waals surface area contributed by atoms with Crippen molar-refractivity contribution >= 4 is 5.95 Å². The Kier molecular flexibility index (Phi) is 2.47. The van der Waals surface area contributed by atoms with Crippen LogP contribution in [0, 0.1) is 11.7 Å². The molecule has 4 nitrogen and oxygen atoms in total. The summed E-state index contributed by atoms with van der Waals surface area (Å²) < 4.78 is 18.2. The fraction of sp³-hybridized carbons (Fsp3) is 0.556. The van der Waals surface area contributed by atoms with Crippen LogP contribution in [0.4, 0.5) is 10.3 Å². The molecule has 0 aromatic carbocycles. The topological polar surface area (TPSA) is 61.0 Å². The molecule has 0 aliphatic heterocycles. The second kappa shape index (κ2) is 3.77. The van der Waals surface area contributed by atoms with Gasteiger partial charge in [-0.25, -0.2) is 4.98 Å². The molecule has 1 fully saturated rings. The van der Waals surface area contributed by atoms with Crippen molar-refractivity contribution in [1.29, 1.82) is 0 Å². The van der Waals surface area contributed by atoms with Gasteiger partial charge in [0.1, 0.15) is 0 Å². The number of ether oxygens (including phenoxy) is 1. The second-order valence-corrected chi connectivity index (χ2v) is 3.46. The van der Waals surface area contributed by atoms with Crippen molar-refractivity contribution < 1.29 is 9.13 Å². The minimum absolute atomic E-state index is 0.0350. The quantitative estimate of drug-likeness (QED) is 0.792. The van der Waals surface area contributed by atoms with E-state index in [4.69, 9.17) is 10.5 Å². The standard InChI is InChI=1S/C9H12FN3O/c10-7-5-12-9(11)13-8(7)14-4-3-6-1-2-6/h5-6H,1-4H2,(H2,11,12,13). The van der Waals surface area contributed by atoms with Gasteiger partial charge in [0.05, 0.1) is 12.8 Å². The molecule has 0 unspecified atom stereocenters. The highest BCUT2D eigenvalue weighted by atomic mass is 19.1. The van der Waals surface area contributed by atoms with Crippen LogP contribution < -0.4 is 10.5 Å². The van der Waals surface area contributed by atoms with E-state index in [2.05, 4.69) is 9.97 Å². The number of nitrogens with zero attached hydrogens (tertiary/aromatic N) is 2. The summed E-state index contributed by atoms with van der Waals surface area (Å²) in [5, 5.41) is 0. The minimum Gasteiger partial charge on any atom is -0.475 e. The van der Waals surface area contributed by atoms with Crippen LogP contribution >= 0.6 is 0 Å². The van der Waals surface area contributed by atoms with Crippen LogP contribution in [0.3, 0.4) is 0 Å². The van der Waals surface area contributed by atoms with Gasteiger partial charge in [-0.05, 0) is 12.3 Å². The lowest BCUT2D eigenvalue weighted by Crippen LogP contribution is -2.05. The van der Waals surface area contributed by atoms with Crippen molar-refractivity contribution in [1.82, 2.24) is 9.97 Å². The first-order valence-corrected chi connectivity index (χ1v) is 4.66. The first-order valence-electron chi connectivity index (χ1n) is 4.66. The molecular weight excluding hydrogens is 185 g/mol. The molecule has 2 rings (SSSR count).